The van der Waals surface area contributed by atoms with Crippen molar-refractivity contribution in [1.29, 1.82) is 5.26 Å². The minimum atomic E-state index is -4.39. The maximum Gasteiger partial charge on any atom is 0.416 e. The topological polar surface area (TPSA) is 44.0 Å². The Bertz CT molecular complexity index is 639. The Morgan fingerprint density at radius 2 is 1.63 bits per heavy atom. The summed E-state index contributed by atoms with van der Waals surface area (Å²) in [5, 5.41) is 18.5. The van der Waals surface area contributed by atoms with E-state index < -0.39 is 11.7 Å². The van der Waals surface area contributed by atoms with E-state index in [9.17, 15) is 18.3 Å². The van der Waals surface area contributed by atoms with Gasteiger partial charge in [-0.15, -0.1) is 0 Å². The van der Waals surface area contributed by atoms with E-state index in [0.717, 1.165) is 12.1 Å². The number of nitriles is 1. The Balaban J connectivity index is 2.46. The lowest BCUT2D eigenvalue weighted by molar-refractivity contribution is -0.137. The molecule has 0 aliphatic rings. The highest BCUT2D eigenvalue weighted by Crippen LogP contribution is 2.33. The van der Waals surface area contributed by atoms with Gasteiger partial charge in [0.1, 0.15) is 5.75 Å². The molecule has 0 aliphatic heterocycles. The average molecular weight is 263 g/mol. The molecule has 2 rings (SSSR count). The van der Waals surface area contributed by atoms with Crippen LogP contribution in [0.4, 0.5) is 13.2 Å². The number of hydrogen-bond acceptors (Lipinski definition) is 2. The number of benzene rings is 2. The highest BCUT2D eigenvalue weighted by Gasteiger charge is 2.30. The van der Waals surface area contributed by atoms with E-state index >= 15 is 0 Å². The number of halogens is 3. The van der Waals surface area contributed by atoms with E-state index in [4.69, 9.17) is 5.26 Å². The van der Waals surface area contributed by atoms with Crippen molar-refractivity contribution in [3.05, 3.63) is 53.6 Å². The lowest BCUT2D eigenvalue weighted by Crippen LogP contribution is -2.03. The molecule has 0 unspecified atom stereocenters. The van der Waals surface area contributed by atoms with Gasteiger partial charge in [0.2, 0.25) is 0 Å². The zero-order valence-corrected chi connectivity index (χ0v) is 9.57. The van der Waals surface area contributed by atoms with E-state index in [1.165, 1.54) is 30.3 Å². The summed E-state index contributed by atoms with van der Waals surface area (Å²) < 4.78 is 37.3. The van der Waals surface area contributed by atoms with E-state index in [1.54, 1.807) is 0 Å². The number of hydrogen-bond donors (Lipinski definition) is 1. The van der Waals surface area contributed by atoms with Crippen LogP contribution < -0.4 is 0 Å². The van der Waals surface area contributed by atoms with Crippen LogP contribution in [-0.2, 0) is 6.18 Å². The molecule has 0 aromatic heterocycles. The SMILES string of the molecule is N#Cc1ccc(O)c(-c2ccc(C(F)(F)F)cc2)c1. The lowest BCUT2D eigenvalue weighted by Gasteiger charge is -2.09. The van der Waals surface area contributed by atoms with Crippen molar-refractivity contribution in [3.8, 4) is 22.9 Å². The fourth-order valence-corrected chi connectivity index (χ4v) is 1.68. The second-order valence-corrected chi connectivity index (χ2v) is 3.92. The number of alkyl halides is 3. The highest BCUT2D eigenvalue weighted by atomic mass is 19.4. The summed E-state index contributed by atoms with van der Waals surface area (Å²) in [5.74, 6) is -0.0845. The van der Waals surface area contributed by atoms with Crippen LogP contribution >= 0.6 is 0 Å². The maximum absolute atomic E-state index is 12.4. The number of phenols is 1. The molecule has 2 aromatic carbocycles. The summed E-state index contributed by atoms with van der Waals surface area (Å²) in [4.78, 5) is 0. The van der Waals surface area contributed by atoms with Gasteiger partial charge in [-0.2, -0.15) is 18.4 Å². The number of rotatable bonds is 1. The minimum Gasteiger partial charge on any atom is -0.507 e. The van der Waals surface area contributed by atoms with E-state index in [2.05, 4.69) is 0 Å². The van der Waals surface area contributed by atoms with E-state index in [0.29, 0.717) is 16.7 Å². The third kappa shape index (κ3) is 2.68. The number of phenolic OH excluding ortho intramolecular Hbond substituents is 1. The smallest absolute Gasteiger partial charge is 0.416 e. The van der Waals surface area contributed by atoms with Gasteiger partial charge in [-0.1, -0.05) is 12.1 Å². The van der Waals surface area contributed by atoms with Crippen molar-refractivity contribution in [2.24, 2.45) is 0 Å². The fraction of sp³-hybridized carbons (Fsp3) is 0.0714. The van der Waals surface area contributed by atoms with Crippen molar-refractivity contribution in [3.63, 3.8) is 0 Å². The van der Waals surface area contributed by atoms with E-state index in [1.807, 2.05) is 6.07 Å². The Morgan fingerprint density at radius 3 is 2.16 bits per heavy atom. The van der Waals surface area contributed by atoms with Gasteiger partial charge in [0.05, 0.1) is 17.2 Å². The van der Waals surface area contributed by atoms with Gasteiger partial charge in [-0.25, -0.2) is 0 Å². The van der Waals surface area contributed by atoms with Crippen LogP contribution in [0.15, 0.2) is 42.5 Å². The fourth-order valence-electron chi connectivity index (χ4n) is 1.68. The highest BCUT2D eigenvalue weighted by molar-refractivity contribution is 5.71. The molecule has 5 heteroatoms. The molecule has 0 atom stereocenters. The molecule has 0 saturated carbocycles. The summed E-state index contributed by atoms with van der Waals surface area (Å²) in [6.45, 7) is 0. The molecule has 19 heavy (non-hydrogen) atoms. The van der Waals surface area contributed by atoms with Crippen LogP contribution in [-0.4, -0.2) is 5.11 Å². The molecule has 2 aromatic rings. The Labute approximate surface area is 107 Å². The van der Waals surface area contributed by atoms with Crippen molar-refractivity contribution in [2.75, 3.05) is 0 Å². The van der Waals surface area contributed by atoms with Gasteiger partial charge in [0, 0.05) is 5.56 Å². The van der Waals surface area contributed by atoms with Gasteiger partial charge in [0.25, 0.3) is 0 Å². The second-order valence-electron chi connectivity index (χ2n) is 3.92. The van der Waals surface area contributed by atoms with Gasteiger partial charge >= 0.3 is 6.18 Å². The predicted molar refractivity (Wildman–Crippen MR) is 63.3 cm³/mol. The third-order valence-corrected chi connectivity index (χ3v) is 2.65. The molecule has 2 nitrogen and oxygen atoms in total. The summed E-state index contributed by atoms with van der Waals surface area (Å²) in [6.07, 6.45) is -4.39. The lowest BCUT2D eigenvalue weighted by atomic mass is 10.0. The second kappa shape index (κ2) is 4.65. The van der Waals surface area contributed by atoms with Crippen molar-refractivity contribution < 1.29 is 18.3 Å². The molecule has 0 bridgehead atoms. The quantitative estimate of drug-likeness (QED) is 0.846. The first kappa shape index (κ1) is 13.0. The summed E-state index contributed by atoms with van der Waals surface area (Å²) >= 11 is 0. The van der Waals surface area contributed by atoms with Crippen LogP contribution in [0.25, 0.3) is 11.1 Å². The molecular formula is C14H8F3NO. The Hall–Kier alpha value is -2.48. The molecule has 0 aliphatic carbocycles. The maximum atomic E-state index is 12.4. The zero-order valence-electron chi connectivity index (χ0n) is 9.57. The normalized spacial score (nSPS) is 11.1. The summed E-state index contributed by atoms with van der Waals surface area (Å²) in [7, 11) is 0. The molecule has 0 radical (unpaired) electrons. The third-order valence-electron chi connectivity index (χ3n) is 2.65. The van der Waals surface area contributed by atoms with Crippen LogP contribution in [0.2, 0.25) is 0 Å². The standard InChI is InChI=1S/C14H8F3NO/c15-14(16,17)11-4-2-10(3-5-11)12-7-9(8-18)1-6-13(12)19/h1-7,19H. The first-order valence-electron chi connectivity index (χ1n) is 5.32. The Morgan fingerprint density at radius 1 is 1.00 bits per heavy atom. The first-order valence-corrected chi connectivity index (χ1v) is 5.32. The summed E-state index contributed by atoms with van der Waals surface area (Å²) in [5.41, 5.74) is 0.315. The monoisotopic (exact) mass is 263 g/mol. The molecule has 0 amide bonds. The minimum absolute atomic E-state index is 0.0845. The van der Waals surface area contributed by atoms with Gasteiger partial charge in [-0.3, -0.25) is 0 Å². The van der Waals surface area contributed by atoms with Crippen LogP contribution in [0, 0.1) is 11.3 Å². The molecule has 0 saturated heterocycles. The summed E-state index contributed by atoms with van der Waals surface area (Å²) in [6, 6.07) is 10.5. The van der Waals surface area contributed by atoms with Gasteiger partial charge < -0.3 is 5.11 Å². The molecule has 96 valence electrons. The van der Waals surface area contributed by atoms with E-state index in [-0.39, 0.29) is 5.75 Å². The van der Waals surface area contributed by atoms with Crippen molar-refractivity contribution >= 4 is 0 Å². The van der Waals surface area contributed by atoms with Crippen LogP contribution in [0.5, 0.6) is 5.75 Å². The van der Waals surface area contributed by atoms with Crippen molar-refractivity contribution in [1.82, 2.24) is 0 Å². The largest absolute Gasteiger partial charge is 0.507 e. The molecular weight excluding hydrogens is 255 g/mol. The molecule has 0 spiro atoms. The van der Waals surface area contributed by atoms with Crippen molar-refractivity contribution in [2.45, 2.75) is 6.18 Å². The number of nitrogens with zero attached hydrogens (tertiary/aromatic N) is 1. The van der Waals surface area contributed by atoms with Gasteiger partial charge in [-0.05, 0) is 35.9 Å². The zero-order chi connectivity index (χ0) is 14.0. The average Bonchev–Trinajstić information content (AvgIpc) is 2.38. The Kier molecular flexibility index (Phi) is 3.17. The van der Waals surface area contributed by atoms with Crippen LogP contribution in [0.3, 0.4) is 0 Å². The van der Waals surface area contributed by atoms with Crippen LogP contribution in [0.1, 0.15) is 11.1 Å². The molecule has 0 heterocycles. The predicted octanol–water partition coefficient (Wildman–Crippen LogP) is 3.95. The number of aromatic hydroxyl groups is 1. The molecule has 0 fully saturated rings. The first-order chi connectivity index (χ1) is 8.91. The molecule has 1 N–H and O–H groups in total. The van der Waals surface area contributed by atoms with Gasteiger partial charge in [0.15, 0.2) is 0 Å².